The largest absolute Gasteiger partial charge is 0.389 e. The molecule has 0 atom stereocenters. The van der Waals surface area contributed by atoms with E-state index in [1.165, 1.54) is 6.20 Å². The van der Waals surface area contributed by atoms with Crippen LogP contribution in [-0.4, -0.2) is 33.7 Å². The molecule has 1 heterocycles. The number of anilines is 1. The highest BCUT2D eigenvalue weighted by molar-refractivity contribution is 7.80. The van der Waals surface area contributed by atoms with Crippen molar-refractivity contribution in [2.75, 3.05) is 11.9 Å². The quantitative estimate of drug-likeness (QED) is 0.628. The molecule has 0 saturated heterocycles. The Morgan fingerprint density at radius 1 is 1.59 bits per heavy atom. The number of rotatable bonds is 5. The van der Waals surface area contributed by atoms with Crippen LogP contribution in [-0.2, 0) is 4.79 Å². The normalized spacial score (nSPS) is 14.1. The van der Waals surface area contributed by atoms with Crippen LogP contribution in [0.3, 0.4) is 0 Å². The summed E-state index contributed by atoms with van der Waals surface area (Å²) in [5, 5.41) is 13.3. The lowest BCUT2D eigenvalue weighted by atomic mass is 10.3. The number of nitrogens with two attached hydrogens (primary N) is 1. The van der Waals surface area contributed by atoms with Crippen LogP contribution in [0.25, 0.3) is 0 Å². The van der Waals surface area contributed by atoms with Gasteiger partial charge in [0.1, 0.15) is 4.99 Å². The smallest absolute Gasteiger partial charge is 0.239 e. The second-order valence-corrected chi connectivity index (χ2v) is 4.29. The van der Waals surface area contributed by atoms with Gasteiger partial charge in [-0.05, 0) is 18.9 Å². The molecule has 1 aromatic heterocycles. The summed E-state index contributed by atoms with van der Waals surface area (Å²) in [5.74, 6) is 0.373. The van der Waals surface area contributed by atoms with Gasteiger partial charge in [-0.1, -0.05) is 12.2 Å². The van der Waals surface area contributed by atoms with E-state index in [-0.39, 0.29) is 17.4 Å². The van der Waals surface area contributed by atoms with Crippen LogP contribution in [0.1, 0.15) is 18.4 Å². The van der Waals surface area contributed by atoms with E-state index in [1.807, 2.05) is 0 Å². The number of nitrogens with one attached hydrogen (secondary N) is 2. The van der Waals surface area contributed by atoms with Gasteiger partial charge in [0.05, 0.1) is 18.3 Å². The molecule has 1 amide bonds. The fraction of sp³-hybridized carbons (Fsp3) is 0.400. The van der Waals surface area contributed by atoms with Gasteiger partial charge < -0.3 is 16.4 Å². The van der Waals surface area contributed by atoms with Crippen molar-refractivity contribution in [1.29, 1.82) is 0 Å². The van der Waals surface area contributed by atoms with E-state index >= 15 is 0 Å². The highest BCUT2D eigenvalue weighted by atomic mass is 32.1. The van der Waals surface area contributed by atoms with Crippen molar-refractivity contribution in [2.45, 2.75) is 18.9 Å². The minimum absolute atomic E-state index is 0.0629. The molecular weight excluding hydrogens is 238 g/mol. The van der Waals surface area contributed by atoms with E-state index in [4.69, 9.17) is 18.0 Å². The first-order valence-corrected chi connectivity index (χ1v) is 5.72. The van der Waals surface area contributed by atoms with Gasteiger partial charge >= 0.3 is 0 Å². The summed E-state index contributed by atoms with van der Waals surface area (Å²) < 4.78 is 0. The summed E-state index contributed by atoms with van der Waals surface area (Å²) in [4.78, 5) is 11.7. The molecule has 1 aromatic rings. The lowest BCUT2D eigenvalue weighted by Crippen LogP contribution is -2.32. The van der Waals surface area contributed by atoms with Gasteiger partial charge in [-0.25, -0.2) is 0 Å². The first-order chi connectivity index (χ1) is 8.16. The van der Waals surface area contributed by atoms with Crippen molar-refractivity contribution in [2.24, 2.45) is 5.73 Å². The maximum Gasteiger partial charge on any atom is 0.239 e. The van der Waals surface area contributed by atoms with E-state index in [0.717, 1.165) is 12.8 Å². The Morgan fingerprint density at radius 2 is 2.35 bits per heavy atom. The molecule has 0 aromatic carbocycles. The minimum atomic E-state index is -0.0629. The summed E-state index contributed by atoms with van der Waals surface area (Å²) in [6.45, 7) is 0.144. The first-order valence-electron chi connectivity index (χ1n) is 5.31. The number of aromatic nitrogens is 2. The molecule has 1 fully saturated rings. The maximum atomic E-state index is 11.5. The fourth-order valence-corrected chi connectivity index (χ4v) is 1.50. The average Bonchev–Trinajstić information content (AvgIpc) is 3.10. The van der Waals surface area contributed by atoms with Gasteiger partial charge in [0.2, 0.25) is 5.91 Å². The van der Waals surface area contributed by atoms with Crippen LogP contribution >= 0.6 is 12.2 Å². The Kier molecular flexibility index (Phi) is 3.48. The number of hydrogen-bond acceptors (Lipinski definition) is 5. The Morgan fingerprint density at radius 3 is 3.00 bits per heavy atom. The zero-order chi connectivity index (χ0) is 12.3. The van der Waals surface area contributed by atoms with Crippen molar-refractivity contribution in [3.05, 3.63) is 17.8 Å². The topological polar surface area (TPSA) is 92.9 Å². The fourth-order valence-electron chi connectivity index (χ4n) is 1.33. The first kappa shape index (κ1) is 11.7. The molecule has 0 aliphatic heterocycles. The molecule has 0 unspecified atom stereocenters. The van der Waals surface area contributed by atoms with Gasteiger partial charge in [-0.15, -0.1) is 5.10 Å². The molecule has 0 spiro atoms. The van der Waals surface area contributed by atoms with Crippen LogP contribution < -0.4 is 16.4 Å². The van der Waals surface area contributed by atoms with Crippen LogP contribution in [0.4, 0.5) is 5.82 Å². The number of nitrogens with zero attached hydrogens (tertiary/aromatic N) is 2. The van der Waals surface area contributed by atoms with Crippen LogP contribution in [0.15, 0.2) is 12.3 Å². The standard InChI is InChI=1S/C10H13N5OS/c11-9(17)7-3-4-13-15-10(7)12-5-8(16)14-6-1-2-6/h3-4,6H,1-2,5H2,(H2,11,17)(H,12,15)(H,14,16). The minimum Gasteiger partial charge on any atom is -0.389 e. The summed E-state index contributed by atoms with van der Waals surface area (Å²) in [5.41, 5.74) is 6.13. The van der Waals surface area contributed by atoms with Crippen LogP contribution in [0.5, 0.6) is 0 Å². The zero-order valence-electron chi connectivity index (χ0n) is 9.14. The van der Waals surface area contributed by atoms with E-state index in [9.17, 15) is 4.79 Å². The van der Waals surface area contributed by atoms with Crippen molar-refractivity contribution in [3.8, 4) is 0 Å². The van der Waals surface area contributed by atoms with Gasteiger partial charge in [0.15, 0.2) is 5.82 Å². The molecule has 17 heavy (non-hydrogen) atoms. The Bertz CT molecular complexity index is 446. The van der Waals surface area contributed by atoms with Crippen molar-refractivity contribution < 1.29 is 4.79 Å². The third-order valence-corrected chi connectivity index (χ3v) is 2.56. The number of amides is 1. The highest BCUT2D eigenvalue weighted by Crippen LogP contribution is 2.18. The van der Waals surface area contributed by atoms with Crippen molar-refractivity contribution in [1.82, 2.24) is 15.5 Å². The monoisotopic (exact) mass is 251 g/mol. The van der Waals surface area contributed by atoms with Gasteiger partial charge in [0, 0.05) is 6.04 Å². The zero-order valence-corrected chi connectivity index (χ0v) is 9.96. The summed E-state index contributed by atoms with van der Waals surface area (Å²) in [6, 6.07) is 2.01. The summed E-state index contributed by atoms with van der Waals surface area (Å²) in [6.07, 6.45) is 3.63. The molecule has 1 saturated carbocycles. The Hall–Kier alpha value is -1.76. The Balaban J connectivity index is 1.93. The third-order valence-electron chi connectivity index (χ3n) is 2.35. The lowest BCUT2D eigenvalue weighted by Gasteiger charge is -2.08. The molecular formula is C10H13N5OS. The second-order valence-electron chi connectivity index (χ2n) is 3.85. The van der Waals surface area contributed by atoms with Gasteiger partial charge in [-0.3, -0.25) is 4.79 Å². The number of thiocarbonyl (C=S) groups is 1. The van der Waals surface area contributed by atoms with Gasteiger partial charge in [-0.2, -0.15) is 5.10 Å². The second kappa shape index (κ2) is 5.05. The number of hydrogen-bond donors (Lipinski definition) is 3. The van der Waals surface area contributed by atoms with E-state index in [1.54, 1.807) is 6.07 Å². The highest BCUT2D eigenvalue weighted by Gasteiger charge is 2.23. The van der Waals surface area contributed by atoms with E-state index in [2.05, 4.69) is 20.8 Å². The number of carbonyl (C=O) groups excluding carboxylic acids is 1. The summed E-state index contributed by atoms with van der Waals surface area (Å²) >= 11 is 4.88. The lowest BCUT2D eigenvalue weighted by molar-refractivity contribution is -0.119. The molecule has 0 radical (unpaired) electrons. The van der Waals surface area contributed by atoms with E-state index < -0.39 is 0 Å². The number of carbonyl (C=O) groups is 1. The molecule has 4 N–H and O–H groups in total. The average molecular weight is 251 g/mol. The molecule has 6 nitrogen and oxygen atoms in total. The van der Waals surface area contributed by atoms with Crippen LogP contribution in [0, 0.1) is 0 Å². The molecule has 1 aliphatic rings. The third kappa shape index (κ3) is 3.35. The SMILES string of the molecule is NC(=S)c1ccnnc1NCC(=O)NC1CC1. The van der Waals surface area contributed by atoms with Gasteiger partial charge in [0.25, 0.3) is 0 Å². The van der Waals surface area contributed by atoms with Crippen molar-refractivity contribution >= 4 is 28.9 Å². The molecule has 7 heteroatoms. The van der Waals surface area contributed by atoms with E-state index in [0.29, 0.717) is 17.4 Å². The van der Waals surface area contributed by atoms with Crippen LogP contribution in [0.2, 0.25) is 0 Å². The predicted octanol–water partition coefficient (Wildman–Crippen LogP) is -0.199. The molecule has 2 rings (SSSR count). The maximum absolute atomic E-state index is 11.5. The molecule has 1 aliphatic carbocycles. The summed E-state index contributed by atoms with van der Waals surface area (Å²) in [7, 11) is 0. The molecule has 90 valence electrons. The van der Waals surface area contributed by atoms with Crippen molar-refractivity contribution in [3.63, 3.8) is 0 Å². The predicted molar refractivity (Wildman–Crippen MR) is 67.6 cm³/mol. The molecule has 0 bridgehead atoms. The Labute approximate surface area is 104 Å².